The van der Waals surface area contributed by atoms with Gasteiger partial charge in [-0.2, -0.15) is 0 Å². The zero-order valence-electron chi connectivity index (χ0n) is 11.4. The van der Waals surface area contributed by atoms with E-state index < -0.39 is 0 Å². The quantitative estimate of drug-likeness (QED) is 0.838. The number of aromatic nitrogens is 1. The van der Waals surface area contributed by atoms with E-state index in [4.69, 9.17) is 16.7 Å². The summed E-state index contributed by atoms with van der Waals surface area (Å²) in [5.41, 5.74) is 1.85. The normalized spacial score (nSPS) is 9.67. The molecule has 106 valence electrons. The third-order valence-corrected chi connectivity index (χ3v) is 2.81. The Morgan fingerprint density at radius 2 is 2.19 bits per heavy atom. The van der Waals surface area contributed by atoms with Crippen molar-refractivity contribution >= 4 is 23.3 Å². The average molecular weight is 301 g/mol. The number of carbonyl (C=O) groups excluding carboxylic acids is 1. The van der Waals surface area contributed by atoms with E-state index in [1.807, 2.05) is 6.92 Å². The molecule has 0 bridgehead atoms. The molecule has 1 amide bonds. The summed E-state index contributed by atoms with van der Waals surface area (Å²) >= 11 is 5.94. The van der Waals surface area contributed by atoms with Crippen LogP contribution in [0.25, 0.3) is 0 Å². The Hall–Kier alpha value is -2.35. The Labute approximate surface area is 127 Å². The van der Waals surface area contributed by atoms with Gasteiger partial charge in [0.25, 0.3) is 5.91 Å². The Bertz CT molecular complexity index is 712. The van der Waals surface area contributed by atoms with E-state index in [1.165, 1.54) is 0 Å². The summed E-state index contributed by atoms with van der Waals surface area (Å²) < 4.78 is 0. The second-order valence-corrected chi connectivity index (χ2v) is 4.78. The van der Waals surface area contributed by atoms with Gasteiger partial charge in [0.2, 0.25) is 0 Å². The molecule has 0 aliphatic rings. The third-order valence-electron chi connectivity index (χ3n) is 2.59. The van der Waals surface area contributed by atoms with Crippen LogP contribution in [0.1, 0.15) is 21.6 Å². The summed E-state index contributed by atoms with van der Waals surface area (Å²) in [6, 6.07) is 10.2. The molecule has 2 aromatic rings. The van der Waals surface area contributed by atoms with E-state index >= 15 is 0 Å². The number of aliphatic hydroxyl groups excluding tert-OH is 1. The van der Waals surface area contributed by atoms with E-state index in [0.29, 0.717) is 22.1 Å². The number of hydrogen-bond donors (Lipinski definition) is 2. The molecule has 4 nitrogen and oxygen atoms in total. The molecule has 0 spiro atoms. The summed E-state index contributed by atoms with van der Waals surface area (Å²) in [7, 11) is 0. The monoisotopic (exact) mass is 300 g/mol. The molecule has 0 atom stereocenters. The molecule has 1 aromatic carbocycles. The van der Waals surface area contributed by atoms with Crippen LogP contribution in [0.3, 0.4) is 0 Å². The van der Waals surface area contributed by atoms with E-state index in [2.05, 4.69) is 22.1 Å². The van der Waals surface area contributed by atoms with Crippen LogP contribution in [0.15, 0.2) is 36.4 Å². The van der Waals surface area contributed by atoms with Crippen molar-refractivity contribution in [1.29, 1.82) is 0 Å². The Morgan fingerprint density at radius 3 is 2.90 bits per heavy atom. The standard InChI is InChI=1S/C16H13ClN2O2/c1-11-8-12(10-13(17)9-11)16(21)19-15-6-2-4-14(18-15)5-3-7-20/h2,4,6,8-10,20H,7H2,1H3,(H,18,19,21). The zero-order valence-corrected chi connectivity index (χ0v) is 12.1. The smallest absolute Gasteiger partial charge is 0.256 e. The van der Waals surface area contributed by atoms with Crippen LogP contribution in [-0.4, -0.2) is 22.6 Å². The molecule has 0 fully saturated rings. The molecule has 21 heavy (non-hydrogen) atoms. The first kappa shape index (κ1) is 15.0. The van der Waals surface area contributed by atoms with Gasteiger partial charge in [-0.3, -0.25) is 4.79 Å². The number of anilines is 1. The maximum Gasteiger partial charge on any atom is 0.256 e. The Balaban J connectivity index is 2.19. The summed E-state index contributed by atoms with van der Waals surface area (Å²) in [6.07, 6.45) is 0. The fourth-order valence-electron chi connectivity index (χ4n) is 1.76. The van der Waals surface area contributed by atoms with Gasteiger partial charge in [-0.25, -0.2) is 4.98 Å². The van der Waals surface area contributed by atoms with Crippen LogP contribution in [0.5, 0.6) is 0 Å². The van der Waals surface area contributed by atoms with Gasteiger partial charge in [-0.1, -0.05) is 23.6 Å². The highest BCUT2D eigenvalue weighted by Crippen LogP contribution is 2.16. The molecule has 1 aromatic heterocycles. The maximum atomic E-state index is 12.2. The number of nitrogens with one attached hydrogen (secondary N) is 1. The molecule has 0 unspecified atom stereocenters. The first-order valence-corrected chi connectivity index (χ1v) is 6.61. The van der Waals surface area contributed by atoms with Crippen molar-refractivity contribution in [3.05, 3.63) is 58.2 Å². The molecule has 5 heteroatoms. The molecule has 0 aliphatic heterocycles. The van der Waals surface area contributed by atoms with Crippen LogP contribution in [0.4, 0.5) is 5.82 Å². The number of hydrogen-bond acceptors (Lipinski definition) is 3. The van der Waals surface area contributed by atoms with Crippen LogP contribution in [0, 0.1) is 18.8 Å². The van der Waals surface area contributed by atoms with Gasteiger partial charge in [0.15, 0.2) is 0 Å². The second kappa shape index (κ2) is 6.89. The van der Waals surface area contributed by atoms with Crippen molar-refractivity contribution in [3.63, 3.8) is 0 Å². The number of aliphatic hydroxyl groups is 1. The molecular weight excluding hydrogens is 288 g/mol. The second-order valence-electron chi connectivity index (χ2n) is 4.34. The van der Waals surface area contributed by atoms with Crippen molar-refractivity contribution in [2.45, 2.75) is 6.92 Å². The summed E-state index contributed by atoms with van der Waals surface area (Å²) in [5.74, 6) is 5.29. The first-order chi connectivity index (χ1) is 10.1. The third kappa shape index (κ3) is 4.32. The minimum Gasteiger partial charge on any atom is -0.384 e. The topological polar surface area (TPSA) is 62.2 Å². The number of aryl methyl sites for hydroxylation is 1. The van der Waals surface area contributed by atoms with E-state index in [-0.39, 0.29) is 12.5 Å². The Kier molecular flexibility index (Phi) is 4.94. The first-order valence-electron chi connectivity index (χ1n) is 6.24. The summed E-state index contributed by atoms with van der Waals surface area (Å²) in [5, 5.41) is 11.9. The lowest BCUT2D eigenvalue weighted by Gasteiger charge is -2.06. The van der Waals surface area contributed by atoms with E-state index in [9.17, 15) is 4.79 Å². The molecule has 0 radical (unpaired) electrons. The number of carbonyl (C=O) groups is 1. The number of rotatable bonds is 2. The van der Waals surface area contributed by atoms with Crippen LogP contribution < -0.4 is 5.32 Å². The number of amides is 1. The molecule has 2 N–H and O–H groups in total. The molecule has 0 saturated carbocycles. The highest BCUT2D eigenvalue weighted by Gasteiger charge is 2.08. The van der Waals surface area contributed by atoms with Crippen LogP contribution in [-0.2, 0) is 0 Å². The highest BCUT2D eigenvalue weighted by atomic mass is 35.5. The maximum absolute atomic E-state index is 12.2. The average Bonchev–Trinajstić information content (AvgIpc) is 2.44. The van der Waals surface area contributed by atoms with Gasteiger partial charge in [0.05, 0.1) is 0 Å². The Morgan fingerprint density at radius 1 is 1.38 bits per heavy atom. The fourth-order valence-corrected chi connectivity index (χ4v) is 2.05. The number of halogens is 1. The van der Waals surface area contributed by atoms with Gasteiger partial charge < -0.3 is 10.4 Å². The van der Waals surface area contributed by atoms with Gasteiger partial charge in [0.1, 0.15) is 18.1 Å². The lowest BCUT2D eigenvalue weighted by molar-refractivity contribution is 0.102. The van der Waals surface area contributed by atoms with Crippen molar-refractivity contribution in [2.24, 2.45) is 0 Å². The van der Waals surface area contributed by atoms with Gasteiger partial charge in [-0.05, 0) is 48.7 Å². The largest absolute Gasteiger partial charge is 0.384 e. The summed E-state index contributed by atoms with van der Waals surface area (Å²) in [6.45, 7) is 1.63. The molecular formula is C16H13ClN2O2. The highest BCUT2D eigenvalue weighted by molar-refractivity contribution is 6.31. The van der Waals surface area contributed by atoms with Gasteiger partial charge >= 0.3 is 0 Å². The molecule has 0 aliphatic carbocycles. The number of nitrogens with zero attached hydrogens (tertiary/aromatic N) is 1. The zero-order chi connectivity index (χ0) is 15.2. The molecule has 1 heterocycles. The van der Waals surface area contributed by atoms with Crippen molar-refractivity contribution in [3.8, 4) is 11.8 Å². The number of pyridine rings is 1. The van der Waals surface area contributed by atoms with Gasteiger partial charge in [-0.15, -0.1) is 0 Å². The minimum atomic E-state index is -0.291. The van der Waals surface area contributed by atoms with Crippen molar-refractivity contribution in [2.75, 3.05) is 11.9 Å². The predicted molar refractivity (Wildman–Crippen MR) is 82.3 cm³/mol. The summed E-state index contributed by atoms with van der Waals surface area (Å²) in [4.78, 5) is 16.3. The van der Waals surface area contributed by atoms with Crippen molar-refractivity contribution < 1.29 is 9.90 Å². The van der Waals surface area contributed by atoms with Crippen molar-refractivity contribution in [1.82, 2.24) is 4.98 Å². The van der Waals surface area contributed by atoms with Gasteiger partial charge in [0, 0.05) is 10.6 Å². The minimum absolute atomic E-state index is 0.236. The lowest BCUT2D eigenvalue weighted by atomic mass is 10.1. The van der Waals surface area contributed by atoms with Crippen LogP contribution in [0.2, 0.25) is 5.02 Å². The molecule has 2 rings (SSSR count). The predicted octanol–water partition coefficient (Wildman–Crippen LogP) is 2.64. The van der Waals surface area contributed by atoms with E-state index in [0.717, 1.165) is 5.56 Å². The number of benzene rings is 1. The fraction of sp³-hybridized carbons (Fsp3) is 0.125. The molecule has 0 saturated heterocycles. The lowest BCUT2D eigenvalue weighted by Crippen LogP contribution is -2.13. The SMILES string of the molecule is Cc1cc(Cl)cc(C(=O)Nc2cccc(C#CCO)n2)c1. The van der Waals surface area contributed by atoms with Crippen LogP contribution >= 0.6 is 11.6 Å². The van der Waals surface area contributed by atoms with E-state index in [1.54, 1.807) is 36.4 Å².